The molecule has 1 aliphatic carbocycles. The fraction of sp³-hybridized carbons (Fsp3) is 0.222. The monoisotopic (exact) mass is 290 g/mol. The normalized spacial score (nSPS) is 14.0. The molecule has 3 aromatic rings. The molecule has 0 amide bonds. The number of hydrogen-bond acceptors (Lipinski definition) is 2. The SMILES string of the molecule is N=C(N)c1[nH]c2c(c1-c1cnc3ccccc3c1)CCCC2. The smallest absolute Gasteiger partial charge is 0.140 e. The van der Waals surface area contributed by atoms with Crippen LogP contribution in [-0.4, -0.2) is 15.8 Å². The number of aromatic nitrogens is 2. The molecule has 0 radical (unpaired) electrons. The summed E-state index contributed by atoms with van der Waals surface area (Å²) >= 11 is 0. The molecule has 2 heterocycles. The van der Waals surface area contributed by atoms with Crippen molar-refractivity contribution in [2.24, 2.45) is 5.73 Å². The van der Waals surface area contributed by atoms with Crippen molar-refractivity contribution < 1.29 is 0 Å². The highest BCUT2D eigenvalue weighted by Crippen LogP contribution is 2.35. The van der Waals surface area contributed by atoms with Crippen LogP contribution in [0.25, 0.3) is 22.0 Å². The van der Waals surface area contributed by atoms with E-state index < -0.39 is 0 Å². The summed E-state index contributed by atoms with van der Waals surface area (Å²) in [5.74, 6) is 0.0950. The molecule has 0 saturated carbocycles. The fourth-order valence-electron chi connectivity index (χ4n) is 3.41. The van der Waals surface area contributed by atoms with Gasteiger partial charge in [-0.05, 0) is 43.4 Å². The van der Waals surface area contributed by atoms with Gasteiger partial charge in [-0.2, -0.15) is 0 Å². The third kappa shape index (κ3) is 1.99. The van der Waals surface area contributed by atoms with Gasteiger partial charge in [0.25, 0.3) is 0 Å². The Bertz CT molecular complexity index is 876. The first-order valence-electron chi connectivity index (χ1n) is 7.67. The Labute approximate surface area is 128 Å². The Hall–Kier alpha value is -2.62. The van der Waals surface area contributed by atoms with E-state index in [-0.39, 0.29) is 5.84 Å². The molecule has 0 spiro atoms. The van der Waals surface area contributed by atoms with E-state index in [1.54, 1.807) is 0 Å². The molecule has 22 heavy (non-hydrogen) atoms. The molecule has 1 aliphatic rings. The van der Waals surface area contributed by atoms with Gasteiger partial charge in [0.2, 0.25) is 0 Å². The van der Waals surface area contributed by atoms with Crippen LogP contribution in [0, 0.1) is 5.41 Å². The second kappa shape index (κ2) is 4.98. The number of nitrogens with zero attached hydrogens (tertiary/aromatic N) is 1. The van der Waals surface area contributed by atoms with Crippen molar-refractivity contribution in [2.75, 3.05) is 0 Å². The van der Waals surface area contributed by atoms with Gasteiger partial charge in [0.05, 0.1) is 11.2 Å². The predicted molar refractivity (Wildman–Crippen MR) is 89.2 cm³/mol. The maximum Gasteiger partial charge on any atom is 0.140 e. The maximum absolute atomic E-state index is 7.90. The number of aryl methyl sites for hydroxylation is 1. The van der Waals surface area contributed by atoms with Crippen molar-refractivity contribution in [1.82, 2.24) is 9.97 Å². The lowest BCUT2D eigenvalue weighted by atomic mass is 9.91. The largest absolute Gasteiger partial charge is 0.382 e. The maximum atomic E-state index is 7.90. The van der Waals surface area contributed by atoms with Crippen LogP contribution in [0.15, 0.2) is 36.5 Å². The van der Waals surface area contributed by atoms with Crippen LogP contribution in [0.3, 0.4) is 0 Å². The lowest BCUT2D eigenvalue weighted by molar-refractivity contribution is 0.677. The highest BCUT2D eigenvalue weighted by molar-refractivity contribution is 6.02. The number of benzene rings is 1. The number of hydrogen-bond donors (Lipinski definition) is 3. The molecule has 0 bridgehead atoms. The number of nitrogens with two attached hydrogens (primary N) is 1. The number of para-hydroxylation sites is 1. The Morgan fingerprint density at radius 2 is 2.00 bits per heavy atom. The number of fused-ring (bicyclic) bond motifs is 2. The topological polar surface area (TPSA) is 78.5 Å². The van der Waals surface area contributed by atoms with Gasteiger partial charge in [0.1, 0.15) is 5.84 Å². The standard InChI is InChI=1S/C18H18N4/c19-18(20)17-16(13-6-2-4-8-15(13)22-17)12-9-11-5-1-3-7-14(11)21-10-12/h1,3,5,7,9-10,22H,2,4,6,8H2,(H3,19,20). The molecular weight excluding hydrogens is 272 g/mol. The van der Waals surface area contributed by atoms with Crippen molar-refractivity contribution in [3.63, 3.8) is 0 Å². The van der Waals surface area contributed by atoms with E-state index in [4.69, 9.17) is 11.1 Å². The molecule has 1 aromatic carbocycles. The summed E-state index contributed by atoms with van der Waals surface area (Å²) in [6.07, 6.45) is 6.36. The predicted octanol–water partition coefficient (Wildman–Crippen LogP) is 3.39. The minimum Gasteiger partial charge on any atom is -0.382 e. The number of rotatable bonds is 2. The van der Waals surface area contributed by atoms with E-state index in [0.717, 1.165) is 40.6 Å². The summed E-state index contributed by atoms with van der Waals surface area (Å²) < 4.78 is 0. The van der Waals surface area contributed by atoms with Crippen molar-refractivity contribution in [2.45, 2.75) is 25.7 Å². The summed E-state index contributed by atoms with van der Waals surface area (Å²) in [6, 6.07) is 10.2. The van der Waals surface area contributed by atoms with Crippen LogP contribution in [0.5, 0.6) is 0 Å². The highest BCUT2D eigenvalue weighted by atomic mass is 14.8. The molecule has 0 atom stereocenters. The molecule has 110 valence electrons. The molecule has 4 heteroatoms. The van der Waals surface area contributed by atoms with Gasteiger partial charge in [-0.15, -0.1) is 0 Å². The summed E-state index contributed by atoms with van der Waals surface area (Å²) in [5.41, 5.74) is 12.2. The van der Waals surface area contributed by atoms with Gasteiger partial charge in [-0.25, -0.2) is 0 Å². The van der Waals surface area contributed by atoms with Crippen LogP contribution < -0.4 is 5.73 Å². The van der Waals surface area contributed by atoms with E-state index in [1.807, 2.05) is 24.4 Å². The summed E-state index contributed by atoms with van der Waals surface area (Å²) in [5, 5.41) is 9.01. The van der Waals surface area contributed by atoms with Crippen molar-refractivity contribution in [3.8, 4) is 11.1 Å². The molecule has 4 nitrogen and oxygen atoms in total. The van der Waals surface area contributed by atoms with E-state index in [9.17, 15) is 0 Å². The fourth-order valence-corrected chi connectivity index (χ4v) is 3.41. The minimum absolute atomic E-state index is 0.0950. The van der Waals surface area contributed by atoms with Gasteiger partial charge in [0.15, 0.2) is 0 Å². The van der Waals surface area contributed by atoms with Crippen molar-refractivity contribution >= 4 is 16.7 Å². The second-order valence-electron chi connectivity index (χ2n) is 5.87. The Balaban J connectivity index is 1.96. The first-order chi connectivity index (χ1) is 10.7. The molecule has 0 aliphatic heterocycles. The van der Waals surface area contributed by atoms with Crippen LogP contribution >= 0.6 is 0 Å². The molecule has 0 unspecified atom stereocenters. The van der Waals surface area contributed by atoms with E-state index in [1.165, 1.54) is 24.1 Å². The van der Waals surface area contributed by atoms with Gasteiger partial charge < -0.3 is 10.7 Å². The number of H-pyrrole nitrogens is 1. The van der Waals surface area contributed by atoms with Crippen molar-refractivity contribution in [3.05, 3.63) is 53.5 Å². The Kier molecular flexibility index (Phi) is 2.96. The number of aromatic amines is 1. The molecule has 0 saturated heterocycles. The van der Waals surface area contributed by atoms with Crippen molar-refractivity contribution in [1.29, 1.82) is 5.41 Å². The zero-order valence-corrected chi connectivity index (χ0v) is 12.3. The highest BCUT2D eigenvalue weighted by Gasteiger charge is 2.22. The third-order valence-corrected chi connectivity index (χ3v) is 4.44. The van der Waals surface area contributed by atoms with E-state index in [2.05, 4.69) is 22.1 Å². The number of nitrogens with one attached hydrogen (secondary N) is 2. The first-order valence-corrected chi connectivity index (χ1v) is 7.67. The summed E-state index contributed by atoms with van der Waals surface area (Å²) in [7, 11) is 0. The molecule has 2 aromatic heterocycles. The Morgan fingerprint density at radius 3 is 2.86 bits per heavy atom. The molecule has 4 rings (SSSR count). The zero-order valence-electron chi connectivity index (χ0n) is 12.3. The van der Waals surface area contributed by atoms with Gasteiger partial charge in [-0.1, -0.05) is 18.2 Å². The van der Waals surface area contributed by atoms with E-state index in [0.29, 0.717) is 0 Å². The van der Waals surface area contributed by atoms with Gasteiger partial charge in [-0.3, -0.25) is 10.4 Å². The quantitative estimate of drug-likeness (QED) is 0.499. The lowest BCUT2D eigenvalue weighted by Crippen LogP contribution is -2.13. The van der Waals surface area contributed by atoms with Gasteiger partial charge in [0, 0.05) is 28.4 Å². The average molecular weight is 290 g/mol. The second-order valence-corrected chi connectivity index (χ2v) is 5.87. The zero-order chi connectivity index (χ0) is 15.1. The molecule has 4 N–H and O–H groups in total. The van der Waals surface area contributed by atoms with Crippen LogP contribution in [0.2, 0.25) is 0 Å². The van der Waals surface area contributed by atoms with Crippen LogP contribution in [0.1, 0.15) is 29.8 Å². The summed E-state index contributed by atoms with van der Waals surface area (Å²) in [6.45, 7) is 0. The minimum atomic E-state index is 0.0950. The van der Waals surface area contributed by atoms with E-state index >= 15 is 0 Å². The van der Waals surface area contributed by atoms with Gasteiger partial charge >= 0.3 is 0 Å². The average Bonchev–Trinajstić information content (AvgIpc) is 2.94. The van der Waals surface area contributed by atoms with Crippen LogP contribution in [0.4, 0.5) is 0 Å². The number of pyridine rings is 1. The molecule has 0 fully saturated rings. The third-order valence-electron chi connectivity index (χ3n) is 4.44. The summed E-state index contributed by atoms with van der Waals surface area (Å²) in [4.78, 5) is 7.93. The first kappa shape index (κ1) is 13.1. The van der Waals surface area contributed by atoms with Crippen LogP contribution in [-0.2, 0) is 12.8 Å². The number of nitrogen functional groups attached to an aromatic ring is 1. The molecular formula is C18H18N4. The lowest BCUT2D eigenvalue weighted by Gasteiger charge is -2.13. The Morgan fingerprint density at radius 1 is 1.18 bits per heavy atom. The number of amidine groups is 1.